The van der Waals surface area contributed by atoms with Crippen molar-refractivity contribution in [3.8, 4) is 5.75 Å². The van der Waals surface area contributed by atoms with Crippen LogP contribution in [-0.4, -0.2) is 11.8 Å². The van der Waals surface area contributed by atoms with Gasteiger partial charge in [0.25, 0.3) is 0 Å². The van der Waals surface area contributed by atoms with Gasteiger partial charge in [0.05, 0.1) is 0 Å². The second-order valence-corrected chi connectivity index (χ2v) is 2.86. The van der Waals surface area contributed by atoms with E-state index in [1.165, 1.54) is 0 Å². The molecule has 0 aromatic heterocycles. The van der Waals surface area contributed by atoms with Crippen molar-refractivity contribution in [2.24, 2.45) is 0 Å². The Morgan fingerprint density at radius 1 is 1.21 bits per heavy atom. The molecule has 0 aliphatic rings. The van der Waals surface area contributed by atoms with E-state index in [0.29, 0.717) is 12.2 Å². The summed E-state index contributed by atoms with van der Waals surface area (Å²) in [5, 5.41) is 0. The van der Waals surface area contributed by atoms with Crippen molar-refractivity contribution in [3.63, 3.8) is 0 Å². The lowest BCUT2D eigenvalue weighted by Gasteiger charge is -2.01. The van der Waals surface area contributed by atoms with Gasteiger partial charge in [-0.25, -0.2) is 0 Å². The second kappa shape index (κ2) is 5.17. The van der Waals surface area contributed by atoms with E-state index in [2.05, 4.69) is 0 Å². The molecule has 0 heterocycles. The lowest BCUT2D eigenvalue weighted by molar-refractivity contribution is -0.137. The number of hydrogen-bond acceptors (Lipinski definition) is 3. The average molecular weight is 192 g/mol. The summed E-state index contributed by atoms with van der Waals surface area (Å²) in [6.07, 6.45) is 0.218. The van der Waals surface area contributed by atoms with Gasteiger partial charge >= 0.3 is 5.97 Å². The largest absolute Gasteiger partial charge is 0.426 e. The molecule has 0 N–H and O–H groups in total. The predicted octanol–water partition coefficient (Wildman–Crippen LogP) is 1.96. The first-order chi connectivity index (χ1) is 6.72. The van der Waals surface area contributed by atoms with Crippen LogP contribution in [0.15, 0.2) is 30.3 Å². The SMILES string of the molecule is CCC(=O)CC(=O)Oc1ccccc1. The van der Waals surface area contributed by atoms with Gasteiger partial charge in [0.15, 0.2) is 0 Å². The lowest BCUT2D eigenvalue weighted by Crippen LogP contribution is -2.13. The summed E-state index contributed by atoms with van der Waals surface area (Å²) in [5.41, 5.74) is 0. The highest BCUT2D eigenvalue weighted by atomic mass is 16.5. The summed E-state index contributed by atoms with van der Waals surface area (Å²) in [6, 6.07) is 8.71. The maximum Gasteiger partial charge on any atom is 0.318 e. The Labute approximate surface area is 82.7 Å². The van der Waals surface area contributed by atoms with Crippen LogP contribution in [0.4, 0.5) is 0 Å². The van der Waals surface area contributed by atoms with E-state index in [1.54, 1.807) is 31.2 Å². The van der Waals surface area contributed by atoms with Crippen molar-refractivity contribution in [2.45, 2.75) is 19.8 Å². The van der Waals surface area contributed by atoms with Crippen molar-refractivity contribution < 1.29 is 14.3 Å². The van der Waals surface area contributed by atoms with Gasteiger partial charge in [-0.05, 0) is 12.1 Å². The van der Waals surface area contributed by atoms with E-state index in [9.17, 15) is 9.59 Å². The van der Waals surface area contributed by atoms with Gasteiger partial charge < -0.3 is 4.74 Å². The maximum absolute atomic E-state index is 11.1. The Bertz CT molecular complexity index is 317. The predicted molar refractivity (Wildman–Crippen MR) is 52.0 cm³/mol. The van der Waals surface area contributed by atoms with Crippen LogP contribution in [0.3, 0.4) is 0 Å². The zero-order chi connectivity index (χ0) is 10.4. The van der Waals surface area contributed by atoms with Crippen molar-refractivity contribution >= 4 is 11.8 Å². The van der Waals surface area contributed by atoms with Crippen molar-refractivity contribution in [1.29, 1.82) is 0 Å². The summed E-state index contributed by atoms with van der Waals surface area (Å²) in [6.45, 7) is 1.72. The number of carbonyl (C=O) groups excluding carboxylic acids is 2. The van der Waals surface area contributed by atoms with Crippen LogP contribution in [-0.2, 0) is 9.59 Å². The van der Waals surface area contributed by atoms with Crippen molar-refractivity contribution in [2.75, 3.05) is 0 Å². The van der Waals surface area contributed by atoms with Crippen LogP contribution in [0.25, 0.3) is 0 Å². The number of ether oxygens (including phenoxy) is 1. The Morgan fingerprint density at radius 2 is 1.86 bits per heavy atom. The molecule has 1 aromatic carbocycles. The number of carbonyl (C=O) groups is 2. The number of ketones is 1. The fraction of sp³-hybridized carbons (Fsp3) is 0.273. The molecule has 3 heteroatoms. The van der Waals surface area contributed by atoms with Gasteiger partial charge in [-0.2, -0.15) is 0 Å². The molecule has 14 heavy (non-hydrogen) atoms. The molecule has 0 aliphatic carbocycles. The van der Waals surface area contributed by atoms with E-state index in [0.717, 1.165) is 0 Å². The fourth-order valence-corrected chi connectivity index (χ4v) is 0.942. The van der Waals surface area contributed by atoms with E-state index in [-0.39, 0.29) is 12.2 Å². The van der Waals surface area contributed by atoms with Gasteiger partial charge in [0.1, 0.15) is 18.0 Å². The van der Waals surface area contributed by atoms with Crippen LogP contribution in [0.5, 0.6) is 5.75 Å². The highest BCUT2D eigenvalue weighted by Gasteiger charge is 2.09. The van der Waals surface area contributed by atoms with Crippen LogP contribution in [0, 0.1) is 0 Å². The maximum atomic E-state index is 11.1. The second-order valence-electron chi connectivity index (χ2n) is 2.86. The fourth-order valence-electron chi connectivity index (χ4n) is 0.942. The molecule has 0 spiro atoms. The third kappa shape index (κ3) is 3.39. The molecular formula is C11H12O3. The topological polar surface area (TPSA) is 43.4 Å². The zero-order valence-electron chi connectivity index (χ0n) is 8.03. The molecule has 1 rings (SSSR count). The number of esters is 1. The monoisotopic (exact) mass is 192 g/mol. The minimum Gasteiger partial charge on any atom is -0.426 e. The summed E-state index contributed by atoms with van der Waals surface area (Å²) in [5.74, 6) is -0.129. The molecule has 0 saturated heterocycles. The van der Waals surface area contributed by atoms with Gasteiger partial charge in [-0.1, -0.05) is 25.1 Å². The van der Waals surface area contributed by atoms with E-state index in [1.807, 2.05) is 6.07 Å². The minimum atomic E-state index is -0.497. The van der Waals surface area contributed by atoms with Gasteiger partial charge in [-0.15, -0.1) is 0 Å². The summed E-state index contributed by atoms with van der Waals surface area (Å²) < 4.78 is 4.93. The molecule has 0 bridgehead atoms. The number of rotatable bonds is 4. The first-order valence-corrected chi connectivity index (χ1v) is 4.49. The van der Waals surface area contributed by atoms with Crippen LogP contribution in [0.1, 0.15) is 19.8 Å². The number of hydrogen-bond donors (Lipinski definition) is 0. The highest BCUT2D eigenvalue weighted by Crippen LogP contribution is 2.09. The summed E-state index contributed by atoms with van der Waals surface area (Å²) >= 11 is 0. The molecule has 3 nitrogen and oxygen atoms in total. The van der Waals surface area contributed by atoms with E-state index >= 15 is 0 Å². The van der Waals surface area contributed by atoms with Crippen LogP contribution >= 0.6 is 0 Å². The van der Waals surface area contributed by atoms with E-state index in [4.69, 9.17) is 4.74 Å². The Kier molecular flexibility index (Phi) is 3.85. The third-order valence-electron chi connectivity index (χ3n) is 1.71. The molecule has 1 aromatic rings. The first-order valence-electron chi connectivity index (χ1n) is 4.49. The smallest absolute Gasteiger partial charge is 0.318 e. The van der Waals surface area contributed by atoms with E-state index < -0.39 is 5.97 Å². The molecule has 0 fully saturated rings. The summed E-state index contributed by atoms with van der Waals surface area (Å²) in [4.78, 5) is 22.1. The number of para-hydroxylation sites is 1. The lowest BCUT2D eigenvalue weighted by atomic mass is 10.2. The average Bonchev–Trinajstić information content (AvgIpc) is 2.19. The minimum absolute atomic E-state index is 0.106. The standard InChI is InChI=1S/C11H12O3/c1-2-9(12)8-11(13)14-10-6-4-3-5-7-10/h3-7H,2,8H2,1H3. The molecule has 0 aliphatic heterocycles. The zero-order valence-corrected chi connectivity index (χ0v) is 8.03. The van der Waals surface area contributed by atoms with Crippen LogP contribution < -0.4 is 4.74 Å². The van der Waals surface area contributed by atoms with Crippen LogP contribution in [0.2, 0.25) is 0 Å². The molecule has 74 valence electrons. The Balaban J connectivity index is 2.46. The van der Waals surface area contributed by atoms with Crippen molar-refractivity contribution in [3.05, 3.63) is 30.3 Å². The van der Waals surface area contributed by atoms with Gasteiger partial charge in [0, 0.05) is 6.42 Å². The van der Waals surface area contributed by atoms with Crippen molar-refractivity contribution in [1.82, 2.24) is 0 Å². The van der Waals surface area contributed by atoms with Gasteiger partial charge in [0.2, 0.25) is 0 Å². The normalized spacial score (nSPS) is 9.50. The van der Waals surface area contributed by atoms with Gasteiger partial charge in [-0.3, -0.25) is 9.59 Å². The highest BCUT2D eigenvalue weighted by molar-refractivity contribution is 5.96. The molecular weight excluding hydrogens is 180 g/mol. The third-order valence-corrected chi connectivity index (χ3v) is 1.71. The quantitative estimate of drug-likeness (QED) is 0.416. The molecule has 0 amide bonds. The summed E-state index contributed by atoms with van der Waals surface area (Å²) in [7, 11) is 0. The molecule has 0 radical (unpaired) electrons. The molecule has 0 unspecified atom stereocenters. The molecule has 0 atom stereocenters. The Morgan fingerprint density at radius 3 is 2.43 bits per heavy atom. The first kappa shape index (κ1) is 10.4. The Hall–Kier alpha value is -1.64. The number of benzene rings is 1. The molecule has 0 saturated carbocycles. The number of Topliss-reactive ketones (excluding diaryl/α,β-unsaturated/α-hetero) is 1.